The number of carbonyl (C=O) groups is 1. The van der Waals surface area contributed by atoms with Gasteiger partial charge in [-0.05, 0) is 38.1 Å². The third kappa shape index (κ3) is 2.83. The van der Waals surface area contributed by atoms with Crippen LogP contribution in [0.1, 0.15) is 21.6 Å². The van der Waals surface area contributed by atoms with E-state index in [2.05, 4.69) is 36.3 Å². The zero-order valence-corrected chi connectivity index (χ0v) is 13.3. The third-order valence-corrected chi connectivity index (χ3v) is 4.51. The summed E-state index contributed by atoms with van der Waals surface area (Å²) in [5.41, 5.74) is 3.56. The number of carbonyl (C=O) groups excluding carboxylic acids is 1. The number of hydrogen-bond donors (Lipinski definition) is 0. The number of aldehydes is 1. The number of benzene rings is 2. The van der Waals surface area contributed by atoms with Gasteiger partial charge in [0.15, 0.2) is 6.29 Å². The predicted octanol–water partition coefficient (Wildman–Crippen LogP) is 4.45. The van der Waals surface area contributed by atoms with Gasteiger partial charge in [-0.1, -0.05) is 47.7 Å². The van der Waals surface area contributed by atoms with Crippen molar-refractivity contribution in [2.75, 3.05) is 0 Å². The van der Waals surface area contributed by atoms with Crippen LogP contribution in [-0.4, -0.2) is 16.1 Å². The maximum atomic E-state index is 11.5. The van der Waals surface area contributed by atoms with Crippen LogP contribution in [0.25, 0.3) is 5.69 Å². The zero-order chi connectivity index (χ0) is 15.5. The minimum atomic E-state index is 0.648. The van der Waals surface area contributed by atoms with Crippen molar-refractivity contribution in [1.82, 2.24) is 9.78 Å². The molecule has 1 aromatic heterocycles. The van der Waals surface area contributed by atoms with E-state index in [1.807, 2.05) is 41.9 Å². The molecule has 0 bridgehead atoms. The summed E-state index contributed by atoms with van der Waals surface area (Å²) in [5.74, 6) is 0. The number of nitrogens with zero attached hydrogens (tertiary/aromatic N) is 2. The first-order valence-corrected chi connectivity index (χ1v) is 7.85. The first kappa shape index (κ1) is 14.6. The Morgan fingerprint density at radius 1 is 1.00 bits per heavy atom. The monoisotopic (exact) mass is 308 g/mol. The molecule has 0 N–H and O–H groups in total. The number of hydrogen-bond acceptors (Lipinski definition) is 3. The Labute approximate surface area is 134 Å². The average molecular weight is 308 g/mol. The summed E-state index contributed by atoms with van der Waals surface area (Å²) in [5, 5.41) is 5.38. The maximum Gasteiger partial charge on any atom is 0.154 e. The highest BCUT2D eigenvalue weighted by Gasteiger charge is 2.17. The van der Waals surface area contributed by atoms with Gasteiger partial charge in [-0.25, -0.2) is 4.68 Å². The molecule has 0 spiro atoms. The van der Waals surface area contributed by atoms with Gasteiger partial charge in [0.2, 0.25) is 0 Å². The summed E-state index contributed by atoms with van der Waals surface area (Å²) in [6, 6.07) is 18.1. The summed E-state index contributed by atoms with van der Waals surface area (Å²) < 4.78 is 1.84. The Balaban J connectivity index is 2.08. The van der Waals surface area contributed by atoms with E-state index in [1.165, 1.54) is 5.56 Å². The van der Waals surface area contributed by atoms with Gasteiger partial charge in [-0.15, -0.1) is 0 Å². The van der Waals surface area contributed by atoms with Crippen LogP contribution in [0.15, 0.2) is 64.5 Å². The van der Waals surface area contributed by atoms with Crippen molar-refractivity contribution < 1.29 is 4.79 Å². The maximum absolute atomic E-state index is 11.5. The van der Waals surface area contributed by atoms with Crippen molar-refractivity contribution in [1.29, 1.82) is 0 Å². The summed E-state index contributed by atoms with van der Waals surface area (Å²) in [6.45, 7) is 3.92. The van der Waals surface area contributed by atoms with Gasteiger partial charge in [0, 0.05) is 4.90 Å². The van der Waals surface area contributed by atoms with Gasteiger partial charge < -0.3 is 0 Å². The molecule has 0 fully saturated rings. The van der Waals surface area contributed by atoms with E-state index in [9.17, 15) is 4.79 Å². The molecule has 110 valence electrons. The summed E-state index contributed by atoms with van der Waals surface area (Å²) in [7, 11) is 0. The third-order valence-electron chi connectivity index (χ3n) is 3.42. The summed E-state index contributed by atoms with van der Waals surface area (Å²) in [6.07, 6.45) is 0.887. The first-order valence-electron chi connectivity index (χ1n) is 7.04. The predicted molar refractivity (Wildman–Crippen MR) is 89.0 cm³/mol. The molecular formula is C18H16N2OS. The molecule has 3 nitrogen and oxygen atoms in total. The molecule has 3 rings (SSSR count). The molecular weight excluding hydrogens is 292 g/mol. The first-order chi connectivity index (χ1) is 10.7. The summed E-state index contributed by atoms with van der Waals surface area (Å²) >= 11 is 1.56. The van der Waals surface area contributed by atoms with Gasteiger partial charge in [-0.2, -0.15) is 5.10 Å². The second-order valence-electron chi connectivity index (χ2n) is 5.08. The second kappa shape index (κ2) is 6.20. The van der Waals surface area contributed by atoms with Crippen molar-refractivity contribution >= 4 is 18.0 Å². The SMILES string of the molecule is Cc1ccc(Sc2c(C=O)c(C)nn2-c2ccccc2)cc1. The quantitative estimate of drug-likeness (QED) is 0.668. The Morgan fingerprint density at radius 3 is 2.32 bits per heavy atom. The lowest BCUT2D eigenvalue weighted by atomic mass is 10.2. The Kier molecular flexibility index (Phi) is 4.11. The van der Waals surface area contributed by atoms with Crippen molar-refractivity contribution in [2.24, 2.45) is 0 Å². The topological polar surface area (TPSA) is 34.9 Å². The molecule has 22 heavy (non-hydrogen) atoms. The van der Waals surface area contributed by atoms with Crippen molar-refractivity contribution in [3.63, 3.8) is 0 Å². The van der Waals surface area contributed by atoms with Crippen LogP contribution in [0.4, 0.5) is 0 Å². The van der Waals surface area contributed by atoms with E-state index in [4.69, 9.17) is 0 Å². The number of aryl methyl sites for hydroxylation is 2. The molecule has 0 amide bonds. The molecule has 0 aliphatic rings. The lowest BCUT2D eigenvalue weighted by Crippen LogP contribution is -1.98. The lowest BCUT2D eigenvalue weighted by Gasteiger charge is -2.08. The molecule has 0 aliphatic carbocycles. The average Bonchev–Trinajstić information content (AvgIpc) is 2.86. The van der Waals surface area contributed by atoms with Gasteiger partial charge >= 0.3 is 0 Å². The van der Waals surface area contributed by atoms with Crippen molar-refractivity contribution in [2.45, 2.75) is 23.8 Å². The molecule has 0 unspecified atom stereocenters. The van der Waals surface area contributed by atoms with Gasteiger partial charge in [0.05, 0.1) is 16.9 Å². The standard InChI is InChI=1S/C18H16N2OS/c1-13-8-10-16(11-9-13)22-18-17(12-21)14(2)19-20(18)15-6-4-3-5-7-15/h3-12H,1-2H3. The minimum absolute atomic E-state index is 0.648. The van der Waals surface area contributed by atoms with E-state index in [0.717, 1.165) is 27.6 Å². The second-order valence-corrected chi connectivity index (χ2v) is 6.15. The molecule has 1 heterocycles. The van der Waals surface area contributed by atoms with Gasteiger partial charge in [0.25, 0.3) is 0 Å². The Bertz CT molecular complexity index is 792. The van der Waals surface area contributed by atoms with Crippen molar-refractivity contribution in [3.8, 4) is 5.69 Å². The van der Waals surface area contributed by atoms with E-state index in [0.29, 0.717) is 5.56 Å². The highest BCUT2D eigenvalue weighted by atomic mass is 32.2. The highest BCUT2D eigenvalue weighted by molar-refractivity contribution is 7.99. The molecule has 4 heteroatoms. The summed E-state index contributed by atoms with van der Waals surface area (Å²) in [4.78, 5) is 12.6. The van der Waals surface area contributed by atoms with Crippen molar-refractivity contribution in [3.05, 3.63) is 71.4 Å². The molecule has 0 atom stereocenters. The smallest absolute Gasteiger partial charge is 0.154 e. The molecule has 0 radical (unpaired) electrons. The fourth-order valence-electron chi connectivity index (χ4n) is 2.21. The largest absolute Gasteiger partial charge is 0.298 e. The van der Waals surface area contributed by atoms with E-state index in [-0.39, 0.29) is 0 Å². The van der Waals surface area contributed by atoms with Crippen LogP contribution < -0.4 is 0 Å². The fourth-order valence-corrected chi connectivity index (χ4v) is 3.25. The van der Waals surface area contributed by atoms with Crippen LogP contribution >= 0.6 is 11.8 Å². The number of para-hydroxylation sites is 1. The number of aromatic nitrogens is 2. The molecule has 2 aromatic carbocycles. The molecule has 0 saturated carbocycles. The molecule has 0 aliphatic heterocycles. The zero-order valence-electron chi connectivity index (χ0n) is 12.5. The Hall–Kier alpha value is -2.33. The van der Waals surface area contributed by atoms with E-state index >= 15 is 0 Å². The van der Waals surface area contributed by atoms with Crippen LogP contribution in [0.2, 0.25) is 0 Å². The van der Waals surface area contributed by atoms with Gasteiger partial charge in [-0.3, -0.25) is 4.79 Å². The van der Waals surface area contributed by atoms with Crippen LogP contribution in [0.3, 0.4) is 0 Å². The fraction of sp³-hybridized carbons (Fsp3) is 0.111. The Morgan fingerprint density at radius 2 is 1.68 bits per heavy atom. The lowest BCUT2D eigenvalue weighted by molar-refractivity contribution is 0.112. The molecule has 3 aromatic rings. The number of rotatable bonds is 4. The normalized spacial score (nSPS) is 10.6. The highest BCUT2D eigenvalue weighted by Crippen LogP contribution is 2.33. The van der Waals surface area contributed by atoms with E-state index in [1.54, 1.807) is 11.8 Å². The van der Waals surface area contributed by atoms with Crippen LogP contribution in [0.5, 0.6) is 0 Å². The van der Waals surface area contributed by atoms with E-state index < -0.39 is 0 Å². The van der Waals surface area contributed by atoms with Crippen LogP contribution in [0, 0.1) is 13.8 Å². The van der Waals surface area contributed by atoms with Crippen LogP contribution in [-0.2, 0) is 0 Å². The molecule has 0 saturated heterocycles. The minimum Gasteiger partial charge on any atom is -0.298 e. The van der Waals surface area contributed by atoms with Gasteiger partial charge in [0.1, 0.15) is 5.03 Å².